The van der Waals surface area contributed by atoms with Gasteiger partial charge in [0.15, 0.2) is 5.78 Å². The third kappa shape index (κ3) is 3.27. The fourth-order valence-corrected chi connectivity index (χ4v) is 9.66. The van der Waals surface area contributed by atoms with Crippen LogP contribution >= 0.6 is 0 Å². The van der Waals surface area contributed by atoms with Crippen LogP contribution in [0, 0.1) is 39.4 Å². The maximum absolute atomic E-state index is 13.4. The van der Waals surface area contributed by atoms with Gasteiger partial charge in [0.05, 0.1) is 12.0 Å². The van der Waals surface area contributed by atoms with Crippen molar-refractivity contribution >= 4 is 11.8 Å². The lowest BCUT2D eigenvalue weighted by molar-refractivity contribution is -0.165. The molecule has 0 amide bonds. The van der Waals surface area contributed by atoms with Gasteiger partial charge in [-0.15, -0.1) is 0 Å². The molecular weight excluding hydrogens is 408 g/mol. The lowest BCUT2D eigenvalue weighted by atomic mass is 9.41. The van der Waals surface area contributed by atoms with Crippen molar-refractivity contribution in [1.29, 1.82) is 0 Å². The molecular formula is C30H44O3. The number of carbonyl (C=O) groups excluding carboxylic acids is 2. The SMILES string of the molecule is CCOC(=O)C12CCC3=C(CCC4C3(C)CCC3C(C)=CC(=O)CC34C)C1CC(C)(C)CC2. The first-order chi connectivity index (χ1) is 15.5. The molecule has 0 aromatic heterocycles. The van der Waals surface area contributed by atoms with E-state index in [0.717, 1.165) is 38.5 Å². The van der Waals surface area contributed by atoms with E-state index in [-0.39, 0.29) is 27.6 Å². The van der Waals surface area contributed by atoms with Gasteiger partial charge >= 0.3 is 5.97 Å². The van der Waals surface area contributed by atoms with E-state index in [0.29, 0.717) is 36.6 Å². The second-order valence-corrected chi connectivity index (χ2v) is 13.4. The van der Waals surface area contributed by atoms with E-state index in [9.17, 15) is 9.59 Å². The van der Waals surface area contributed by atoms with E-state index in [1.54, 1.807) is 11.1 Å². The topological polar surface area (TPSA) is 43.4 Å². The Balaban J connectivity index is 1.57. The molecule has 5 rings (SSSR count). The Morgan fingerprint density at radius 2 is 1.79 bits per heavy atom. The average Bonchev–Trinajstić information content (AvgIpc) is 2.72. The van der Waals surface area contributed by atoms with Crippen molar-refractivity contribution in [2.75, 3.05) is 6.61 Å². The minimum atomic E-state index is -0.311. The maximum atomic E-state index is 13.4. The third-order valence-corrected chi connectivity index (χ3v) is 11.2. The maximum Gasteiger partial charge on any atom is 0.312 e. The smallest absolute Gasteiger partial charge is 0.312 e. The number of carbonyl (C=O) groups is 2. The second kappa shape index (κ2) is 7.56. The molecule has 0 bridgehead atoms. The molecule has 182 valence electrons. The monoisotopic (exact) mass is 452 g/mol. The van der Waals surface area contributed by atoms with Crippen molar-refractivity contribution in [1.82, 2.24) is 0 Å². The van der Waals surface area contributed by atoms with Crippen molar-refractivity contribution in [3.63, 3.8) is 0 Å². The van der Waals surface area contributed by atoms with Crippen LogP contribution < -0.4 is 0 Å². The Morgan fingerprint density at radius 1 is 1.03 bits per heavy atom. The molecule has 0 saturated heterocycles. The highest BCUT2D eigenvalue weighted by Gasteiger charge is 2.62. The molecule has 3 heteroatoms. The van der Waals surface area contributed by atoms with Crippen LogP contribution in [-0.2, 0) is 14.3 Å². The van der Waals surface area contributed by atoms with Crippen LogP contribution in [0.25, 0.3) is 0 Å². The van der Waals surface area contributed by atoms with Crippen molar-refractivity contribution in [3.05, 3.63) is 22.8 Å². The molecule has 33 heavy (non-hydrogen) atoms. The Hall–Kier alpha value is -1.38. The first-order valence-electron chi connectivity index (χ1n) is 13.6. The number of fused-ring (bicyclic) bond motifs is 6. The number of allylic oxidation sites excluding steroid dienone is 4. The van der Waals surface area contributed by atoms with Gasteiger partial charge in [-0.2, -0.15) is 0 Å². The van der Waals surface area contributed by atoms with Crippen molar-refractivity contribution in [2.45, 2.75) is 106 Å². The van der Waals surface area contributed by atoms with Crippen LogP contribution in [0.5, 0.6) is 0 Å². The van der Waals surface area contributed by atoms with Crippen LogP contribution in [0.15, 0.2) is 22.8 Å². The summed E-state index contributed by atoms with van der Waals surface area (Å²) in [6.45, 7) is 14.3. The molecule has 5 aliphatic carbocycles. The lowest BCUT2D eigenvalue weighted by Crippen LogP contribution is -2.56. The highest BCUT2D eigenvalue weighted by molar-refractivity contribution is 5.92. The molecule has 6 unspecified atom stereocenters. The first-order valence-corrected chi connectivity index (χ1v) is 13.6. The second-order valence-electron chi connectivity index (χ2n) is 13.4. The van der Waals surface area contributed by atoms with Gasteiger partial charge in [-0.3, -0.25) is 9.59 Å². The summed E-state index contributed by atoms with van der Waals surface area (Å²) >= 11 is 0. The average molecular weight is 453 g/mol. The Kier molecular flexibility index (Phi) is 5.35. The highest BCUT2D eigenvalue weighted by atomic mass is 16.5. The molecule has 0 aromatic rings. The standard InChI is InChI=1S/C30H44O3/c1-7-33-26(32)30-13-11-23-21(24(30)18-27(3,4)14-15-30)8-9-25-28(23,5)12-10-22-19(2)16-20(31)17-29(22,25)6/h16,22,24-25H,7-15,17-18H2,1-6H3. The normalized spacial score (nSPS) is 44.1. The zero-order valence-corrected chi connectivity index (χ0v) is 21.8. The van der Waals surface area contributed by atoms with Crippen LogP contribution in [-0.4, -0.2) is 18.4 Å². The predicted molar refractivity (Wildman–Crippen MR) is 131 cm³/mol. The van der Waals surface area contributed by atoms with E-state index in [4.69, 9.17) is 4.74 Å². The van der Waals surface area contributed by atoms with E-state index in [2.05, 4.69) is 34.6 Å². The molecule has 0 spiro atoms. The number of ether oxygens (including phenoxy) is 1. The summed E-state index contributed by atoms with van der Waals surface area (Å²) in [6, 6.07) is 0. The molecule has 0 radical (unpaired) electrons. The molecule has 2 fully saturated rings. The highest BCUT2D eigenvalue weighted by Crippen LogP contribution is 2.69. The van der Waals surface area contributed by atoms with Gasteiger partial charge in [0.25, 0.3) is 0 Å². The molecule has 0 aliphatic heterocycles. The van der Waals surface area contributed by atoms with Crippen LogP contribution in [0.2, 0.25) is 0 Å². The summed E-state index contributed by atoms with van der Waals surface area (Å²) in [5.41, 5.74) is 4.82. The van der Waals surface area contributed by atoms with Crippen molar-refractivity contribution in [3.8, 4) is 0 Å². The molecule has 0 N–H and O–H groups in total. The quantitative estimate of drug-likeness (QED) is 0.328. The largest absolute Gasteiger partial charge is 0.466 e. The van der Waals surface area contributed by atoms with E-state index < -0.39 is 0 Å². The third-order valence-electron chi connectivity index (χ3n) is 11.2. The summed E-state index contributed by atoms with van der Waals surface area (Å²) in [7, 11) is 0. The first kappa shape index (κ1) is 23.4. The van der Waals surface area contributed by atoms with Crippen LogP contribution in [0.1, 0.15) is 106 Å². The van der Waals surface area contributed by atoms with Gasteiger partial charge in [0.2, 0.25) is 0 Å². The molecule has 0 aromatic carbocycles. The summed E-state index contributed by atoms with van der Waals surface area (Å²) in [5.74, 6) is 1.84. The summed E-state index contributed by atoms with van der Waals surface area (Å²) in [6.07, 6.45) is 12.5. The number of hydrogen-bond donors (Lipinski definition) is 0. The Morgan fingerprint density at radius 3 is 2.52 bits per heavy atom. The Labute approximate surface area is 200 Å². The fourth-order valence-electron chi connectivity index (χ4n) is 9.66. The molecule has 0 heterocycles. The zero-order chi connectivity index (χ0) is 23.8. The number of hydrogen-bond acceptors (Lipinski definition) is 3. The number of esters is 1. The fraction of sp³-hybridized carbons (Fsp3) is 0.800. The van der Waals surface area contributed by atoms with Gasteiger partial charge in [-0.25, -0.2) is 0 Å². The minimum Gasteiger partial charge on any atom is -0.466 e. The van der Waals surface area contributed by atoms with Gasteiger partial charge < -0.3 is 4.74 Å². The molecule has 2 saturated carbocycles. The predicted octanol–water partition coefficient (Wildman–Crippen LogP) is 7.20. The molecule has 5 aliphatic rings. The summed E-state index contributed by atoms with van der Waals surface area (Å²) in [5, 5.41) is 0. The van der Waals surface area contributed by atoms with Gasteiger partial charge in [0, 0.05) is 6.42 Å². The van der Waals surface area contributed by atoms with E-state index in [1.807, 2.05) is 13.0 Å². The molecule has 3 nitrogen and oxygen atoms in total. The van der Waals surface area contributed by atoms with Gasteiger partial charge in [0.1, 0.15) is 0 Å². The zero-order valence-electron chi connectivity index (χ0n) is 21.8. The summed E-state index contributed by atoms with van der Waals surface area (Å²) in [4.78, 5) is 26.1. The number of ketones is 1. The lowest BCUT2D eigenvalue weighted by Gasteiger charge is -2.63. The van der Waals surface area contributed by atoms with Crippen LogP contribution in [0.4, 0.5) is 0 Å². The van der Waals surface area contributed by atoms with Crippen molar-refractivity contribution < 1.29 is 14.3 Å². The minimum absolute atomic E-state index is 0.0682. The van der Waals surface area contributed by atoms with E-state index >= 15 is 0 Å². The molecule has 6 atom stereocenters. The van der Waals surface area contributed by atoms with Gasteiger partial charge in [-0.05, 0) is 112 Å². The van der Waals surface area contributed by atoms with Crippen LogP contribution in [0.3, 0.4) is 0 Å². The van der Waals surface area contributed by atoms with E-state index in [1.165, 1.54) is 24.8 Å². The van der Waals surface area contributed by atoms with Gasteiger partial charge in [-0.1, -0.05) is 44.4 Å². The number of rotatable bonds is 2. The van der Waals surface area contributed by atoms with Crippen molar-refractivity contribution in [2.24, 2.45) is 39.4 Å². The Bertz CT molecular complexity index is 938. The summed E-state index contributed by atoms with van der Waals surface area (Å²) < 4.78 is 5.73.